The van der Waals surface area contributed by atoms with Gasteiger partial charge in [-0.2, -0.15) is 10.2 Å². The number of carbonyl (C=O) groups is 2. The van der Waals surface area contributed by atoms with Crippen molar-refractivity contribution in [2.75, 3.05) is 6.61 Å². The molecule has 0 saturated carbocycles. The third-order valence-electron chi connectivity index (χ3n) is 4.27. The molecule has 34 heavy (non-hydrogen) atoms. The van der Waals surface area contributed by atoms with Crippen LogP contribution < -0.4 is 15.6 Å². The number of amides is 2. The average molecular weight is 464 g/mol. The molecule has 3 aromatic carbocycles. The number of nitrogens with one attached hydrogen (secondary N) is 2. The van der Waals surface area contributed by atoms with Gasteiger partial charge in [-0.25, -0.2) is 10.9 Å². The lowest BCUT2D eigenvalue weighted by Crippen LogP contribution is -2.25. The summed E-state index contributed by atoms with van der Waals surface area (Å²) in [5, 5.41) is 45.1. The minimum Gasteiger partial charge on any atom is -0.504 e. The average Bonchev–Trinajstić information content (AvgIpc) is 2.82. The van der Waals surface area contributed by atoms with Gasteiger partial charge in [0.05, 0.1) is 18.0 Å². The van der Waals surface area contributed by atoms with Crippen molar-refractivity contribution < 1.29 is 34.8 Å². The Kier molecular flexibility index (Phi) is 7.63. The third-order valence-corrected chi connectivity index (χ3v) is 4.27. The summed E-state index contributed by atoms with van der Waals surface area (Å²) in [7, 11) is 0. The molecule has 0 heterocycles. The molecular weight excluding hydrogens is 444 g/mol. The van der Waals surface area contributed by atoms with Crippen molar-refractivity contribution in [1.82, 2.24) is 10.9 Å². The Labute approximate surface area is 193 Å². The number of nitrogens with zero attached hydrogens (tertiary/aromatic N) is 2. The standard InChI is InChI=1S/C23H20N4O7/c28-17-7-5-14(9-19(17)30)11-24-26-22(32)13-34-21-4-2-1-3-16(21)23(33)27-25-12-15-6-8-18(29)20(31)10-15/h1-12,28-31H,13H2,(H,26,32)(H,27,33)/b24-11-,25-12-. The second-order valence-corrected chi connectivity index (χ2v) is 6.77. The largest absolute Gasteiger partial charge is 0.504 e. The Hall–Kier alpha value is -5.06. The molecule has 6 N–H and O–H groups in total. The Morgan fingerprint density at radius 1 is 0.765 bits per heavy atom. The van der Waals surface area contributed by atoms with Crippen molar-refractivity contribution in [3.63, 3.8) is 0 Å². The smallest absolute Gasteiger partial charge is 0.277 e. The van der Waals surface area contributed by atoms with Crippen LogP contribution in [0.15, 0.2) is 70.9 Å². The van der Waals surface area contributed by atoms with E-state index in [1.807, 2.05) is 0 Å². The molecule has 0 saturated heterocycles. The van der Waals surface area contributed by atoms with Crippen LogP contribution in [0.3, 0.4) is 0 Å². The van der Waals surface area contributed by atoms with Gasteiger partial charge in [0, 0.05) is 0 Å². The number of aromatic hydroxyl groups is 4. The summed E-state index contributed by atoms with van der Waals surface area (Å²) in [4.78, 5) is 24.4. The van der Waals surface area contributed by atoms with E-state index in [-0.39, 0.29) is 34.3 Å². The molecule has 0 bridgehead atoms. The van der Waals surface area contributed by atoms with Crippen LogP contribution >= 0.6 is 0 Å². The molecule has 3 aromatic rings. The number of hydrogen-bond acceptors (Lipinski definition) is 9. The molecule has 0 spiro atoms. The first kappa shape index (κ1) is 23.6. The lowest BCUT2D eigenvalue weighted by molar-refractivity contribution is -0.123. The fraction of sp³-hybridized carbons (Fsp3) is 0.0435. The highest BCUT2D eigenvalue weighted by Crippen LogP contribution is 2.25. The predicted octanol–water partition coefficient (Wildman–Crippen LogP) is 1.80. The molecule has 0 unspecified atom stereocenters. The van der Waals surface area contributed by atoms with Crippen molar-refractivity contribution in [2.45, 2.75) is 0 Å². The molecule has 0 radical (unpaired) electrons. The first-order chi connectivity index (χ1) is 16.3. The van der Waals surface area contributed by atoms with E-state index in [1.54, 1.807) is 12.1 Å². The van der Waals surface area contributed by atoms with Crippen LogP contribution in [0.25, 0.3) is 0 Å². The quantitative estimate of drug-likeness (QED) is 0.167. The second kappa shape index (κ2) is 11.0. The summed E-state index contributed by atoms with van der Waals surface area (Å²) in [5.41, 5.74) is 5.58. The van der Waals surface area contributed by atoms with Crippen molar-refractivity contribution in [1.29, 1.82) is 0 Å². The van der Waals surface area contributed by atoms with Gasteiger partial charge >= 0.3 is 0 Å². The molecule has 0 aliphatic heterocycles. The molecule has 2 amide bonds. The number of hydrogen-bond donors (Lipinski definition) is 6. The van der Waals surface area contributed by atoms with Gasteiger partial charge in [-0.05, 0) is 59.7 Å². The normalized spacial score (nSPS) is 10.9. The van der Waals surface area contributed by atoms with Crippen LogP contribution in [0, 0.1) is 0 Å². The number of phenols is 4. The van der Waals surface area contributed by atoms with Crippen LogP contribution in [0.4, 0.5) is 0 Å². The van der Waals surface area contributed by atoms with Crippen molar-refractivity contribution in [3.8, 4) is 28.7 Å². The minimum atomic E-state index is -0.598. The molecule has 0 atom stereocenters. The third kappa shape index (κ3) is 6.47. The number of benzene rings is 3. The fourth-order valence-electron chi connectivity index (χ4n) is 2.60. The van der Waals surface area contributed by atoms with Crippen LogP contribution in [0.5, 0.6) is 28.7 Å². The molecule has 11 nitrogen and oxygen atoms in total. The van der Waals surface area contributed by atoms with E-state index in [4.69, 9.17) is 4.74 Å². The zero-order valence-corrected chi connectivity index (χ0v) is 17.5. The van der Waals surface area contributed by atoms with E-state index in [0.717, 1.165) is 0 Å². The lowest BCUT2D eigenvalue weighted by Gasteiger charge is -2.09. The van der Waals surface area contributed by atoms with E-state index in [1.165, 1.54) is 61.0 Å². The van der Waals surface area contributed by atoms with Gasteiger partial charge < -0.3 is 25.2 Å². The van der Waals surface area contributed by atoms with Crippen LogP contribution in [0.1, 0.15) is 21.5 Å². The van der Waals surface area contributed by atoms with Gasteiger partial charge in [0.25, 0.3) is 11.8 Å². The molecule has 0 aliphatic rings. The number of ether oxygens (including phenoxy) is 1. The zero-order valence-electron chi connectivity index (χ0n) is 17.5. The van der Waals surface area contributed by atoms with Gasteiger partial charge in [0.15, 0.2) is 29.6 Å². The summed E-state index contributed by atoms with van der Waals surface area (Å²) in [6, 6.07) is 14.3. The van der Waals surface area contributed by atoms with Gasteiger partial charge in [0.2, 0.25) is 0 Å². The van der Waals surface area contributed by atoms with E-state index < -0.39 is 18.4 Å². The fourth-order valence-corrected chi connectivity index (χ4v) is 2.60. The molecule has 0 aromatic heterocycles. The van der Waals surface area contributed by atoms with Crippen molar-refractivity contribution in [2.24, 2.45) is 10.2 Å². The molecule has 11 heteroatoms. The molecular formula is C23H20N4O7. The Morgan fingerprint density at radius 3 is 1.91 bits per heavy atom. The summed E-state index contributed by atoms with van der Waals surface area (Å²) in [6.45, 7) is -0.432. The second-order valence-electron chi connectivity index (χ2n) is 6.77. The maximum atomic E-state index is 12.4. The summed E-state index contributed by atoms with van der Waals surface area (Å²) < 4.78 is 5.42. The Bertz CT molecular complexity index is 1260. The van der Waals surface area contributed by atoms with Crippen LogP contribution in [0.2, 0.25) is 0 Å². The number of phenolic OH excluding ortho intramolecular Hbond substituents is 4. The predicted molar refractivity (Wildman–Crippen MR) is 122 cm³/mol. The van der Waals surface area contributed by atoms with E-state index >= 15 is 0 Å². The van der Waals surface area contributed by atoms with Gasteiger partial charge in [-0.15, -0.1) is 0 Å². The van der Waals surface area contributed by atoms with E-state index in [9.17, 15) is 30.0 Å². The molecule has 3 rings (SSSR count). The van der Waals surface area contributed by atoms with Crippen LogP contribution in [-0.4, -0.2) is 51.3 Å². The maximum Gasteiger partial charge on any atom is 0.277 e. The lowest BCUT2D eigenvalue weighted by atomic mass is 10.2. The Balaban J connectivity index is 1.54. The number of hydrazone groups is 2. The molecule has 174 valence electrons. The highest BCUT2D eigenvalue weighted by atomic mass is 16.5. The molecule has 0 aliphatic carbocycles. The number of rotatable bonds is 8. The van der Waals surface area contributed by atoms with Crippen molar-refractivity contribution in [3.05, 3.63) is 77.4 Å². The SMILES string of the molecule is O=C(COc1ccccc1C(=O)N/N=C\c1ccc(O)c(O)c1)N/N=C\c1ccc(O)c(O)c1. The highest BCUT2D eigenvalue weighted by molar-refractivity contribution is 5.97. The summed E-state index contributed by atoms with van der Waals surface area (Å²) >= 11 is 0. The van der Waals surface area contributed by atoms with Crippen LogP contribution in [-0.2, 0) is 4.79 Å². The Morgan fingerprint density at radius 2 is 1.32 bits per heavy atom. The maximum absolute atomic E-state index is 12.4. The first-order valence-corrected chi connectivity index (χ1v) is 9.74. The topological polar surface area (TPSA) is 173 Å². The first-order valence-electron chi connectivity index (χ1n) is 9.74. The summed E-state index contributed by atoms with van der Waals surface area (Å²) in [6.07, 6.45) is 2.55. The van der Waals surface area contributed by atoms with Gasteiger partial charge in [0.1, 0.15) is 5.75 Å². The number of para-hydroxylation sites is 1. The van der Waals surface area contributed by atoms with Gasteiger partial charge in [-0.1, -0.05) is 12.1 Å². The van der Waals surface area contributed by atoms with Crippen molar-refractivity contribution >= 4 is 24.2 Å². The van der Waals surface area contributed by atoms with E-state index in [0.29, 0.717) is 11.1 Å². The summed E-state index contributed by atoms with van der Waals surface area (Å²) in [5.74, 6) is -2.25. The zero-order chi connectivity index (χ0) is 24.5. The highest BCUT2D eigenvalue weighted by Gasteiger charge is 2.13. The monoisotopic (exact) mass is 464 g/mol. The van der Waals surface area contributed by atoms with Gasteiger partial charge in [-0.3, -0.25) is 9.59 Å². The molecule has 0 fully saturated rings. The minimum absolute atomic E-state index is 0.129. The number of carbonyl (C=O) groups excluding carboxylic acids is 2. The van der Waals surface area contributed by atoms with E-state index in [2.05, 4.69) is 21.1 Å².